The number of aromatic nitrogens is 4. The Morgan fingerprint density at radius 2 is 2.06 bits per heavy atom. The van der Waals surface area contributed by atoms with Crippen molar-refractivity contribution in [1.29, 1.82) is 0 Å². The van der Waals surface area contributed by atoms with Gasteiger partial charge in [-0.15, -0.1) is 0 Å². The fourth-order valence-electron chi connectivity index (χ4n) is 3.96. The van der Waals surface area contributed by atoms with E-state index in [9.17, 15) is 9.59 Å². The maximum atomic E-state index is 12.9. The minimum atomic E-state index is -0.363. The van der Waals surface area contributed by atoms with Gasteiger partial charge in [0, 0.05) is 13.1 Å². The highest BCUT2D eigenvalue weighted by Gasteiger charge is 2.19. The number of allylic oxidation sites excluding steroid dienone is 5. The lowest BCUT2D eigenvalue weighted by Crippen LogP contribution is -2.26. The normalized spacial score (nSPS) is 15.1. The third-order valence-electron chi connectivity index (χ3n) is 5.97. The summed E-state index contributed by atoms with van der Waals surface area (Å²) in [7, 11) is 0. The molecular weight excluding hydrogens is 446 g/mol. The van der Waals surface area contributed by atoms with Gasteiger partial charge in [-0.05, 0) is 54.7 Å². The second-order valence-corrected chi connectivity index (χ2v) is 8.50. The fourth-order valence-corrected chi connectivity index (χ4v) is 3.96. The number of nitrogens with one attached hydrogen (secondary N) is 4. The molecular formula is C25H25N7O3. The first kappa shape index (κ1) is 22.3. The van der Waals surface area contributed by atoms with E-state index >= 15 is 0 Å². The van der Waals surface area contributed by atoms with Crippen molar-refractivity contribution in [2.24, 2.45) is 0 Å². The van der Waals surface area contributed by atoms with Gasteiger partial charge < -0.3 is 20.7 Å². The van der Waals surface area contributed by atoms with E-state index < -0.39 is 0 Å². The van der Waals surface area contributed by atoms with Gasteiger partial charge >= 0.3 is 0 Å². The molecule has 10 nitrogen and oxygen atoms in total. The monoisotopic (exact) mass is 471 g/mol. The van der Waals surface area contributed by atoms with Gasteiger partial charge in [0.1, 0.15) is 23.1 Å². The fraction of sp³-hybridized carbons (Fsp3) is 0.240. The lowest BCUT2D eigenvalue weighted by molar-refractivity contribution is -0.118. The number of H-pyrrole nitrogens is 1. The topological polar surface area (TPSA) is 134 Å². The number of fused-ring (bicyclic) bond motifs is 2. The van der Waals surface area contributed by atoms with E-state index in [1.54, 1.807) is 12.1 Å². The maximum absolute atomic E-state index is 12.9. The highest BCUT2D eigenvalue weighted by molar-refractivity contribution is 6.04. The van der Waals surface area contributed by atoms with Crippen molar-refractivity contribution in [3.63, 3.8) is 0 Å². The first-order valence-corrected chi connectivity index (χ1v) is 11.3. The van der Waals surface area contributed by atoms with E-state index in [0.717, 1.165) is 12.0 Å². The van der Waals surface area contributed by atoms with Crippen molar-refractivity contribution in [1.82, 2.24) is 25.5 Å². The molecule has 0 spiro atoms. The van der Waals surface area contributed by atoms with Crippen molar-refractivity contribution in [2.45, 2.75) is 26.8 Å². The van der Waals surface area contributed by atoms with Crippen LogP contribution in [0.5, 0.6) is 5.75 Å². The standard InChI is InChI=1S/C25H25N7O3/c1-14-4-3-5-16(8-15(14)2)10-26-24-22-21(31-32-24)23(29-13-28-22)25(34)27-11-17-6-7-19-18(9-17)30-20(33)12-35-19/h3-4,6-9,13H,5,10-12H2,1-2H3,(H,27,34)(H,30,33)(H2,26,31,32). The van der Waals surface area contributed by atoms with Gasteiger partial charge in [0.15, 0.2) is 18.1 Å². The zero-order valence-corrected chi connectivity index (χ0v) is 19.4. The van der Waals surface area contributed by atoms with Gasteiger partial charge in [0.2, 0.25) is 0 Å². The van der Waals surface area contributed by atoms with Crippen molar-refractivity contribution in [2.75, 3.05) is 23.8 Å². The predicted molar refractivity (Wildman–Crippen MR) is 132 cm³/mol. The van der Waals surface area contributed by atoms with Crippen LogP contribution in [0.2, 0.25) is 0 Å². The van der Waals surface area contributed by atoms with Crippen LogP contribution in [0.4, 0.5) is 11.5 Å². The molecule has 35 heavy (non-hydrogen) atoms. The first-order valence-electron chi connectivity index (χ1n) is 11.3. The van der Waals surface area contributed by atoms with Gasteiger partial charge in [-0.3, -0.25) is 14.7 Å². The molecule has 4 N–H and O–H groups in total. The number of carbonyl (C=O) groups is 2. The molecule has 0 bridgehead atoms. The van der Waals surface area contributed by atoms with Crippen LogP contribution in [0.3, 0.4) is 0 Å². The van der Waals surface area contributed by atoms with E-state index in [4.69, 9.17) is 4.74 Å². The number of aromatic amines is 1. The molecule has 1 aliphatic heterocycles. The van der Waals surface area contributed by atoms with E-state index in [0.29, 0.717) is 34.8 Å². The van der Waals surface area contributed by atoms with Crippen LogP contribution in [-0.4, -0.2) is 45.1 Å². The number of hydrogen-bond acceptors (Lipinski definition) is 7. The Labute approximate surface area is 201 Å². The highest BCUT2D eigenvalue weighted by Crippen LogP contribution is 2.28. The summed E-state index contributed by atoms with van der Waals surface area (Å²) in [6, 6.07) is 5.38. The Kier molecular flexibility index (Phi) is 6.01. The third kappa shape index (κ3) is 4.77. The second kappa shape index (κ2) is 9.41. The zero-order valence-electron chi connectivity index (χ0n) is 19.4. The molecule has 0 saturated heterocycles. The Morgan fingerprint density at radius 1 is 1.17 bits per heavy atom. The van der Waals surface area contributed by atoms with Crippen LogP contribution in [0.15, 0.2) is 59.5 Å². The summed E-state index contributed by atoms with van der Waals surface area (Å²) in [6.07, 6.45) is 8.67. The molecule has 0 radical (unpaired) electrons. The molecule has 2 aromatic heterocycles. The summed E-state index contributed by atoms with van der Waals surface area (Å²) in [6.45, 7) is 5.06. The molecule has 0 atom stereocenters. The number of nitrogens with zero attached hydrogens (tertiary/aromatic N) is 3. The van der Waals surface area contributed by atoms with Crippen molar-refractivity contribution >= 4 is 34.4 Å². The number of hydrogen-bond donors (Lipinski definition) is 4. The van der Waals surface area contributed by atoms with E-state index in [-0.39, 0.29) is 30.7 Å². The number of rotatable bonds is 6. The van der Waals surface area contributed by atoms with Gasteiger partial charge in [-0.1, -0.05) is 24.3 Å². The summed E-state index contributed by atoms with van der Waals surface area (Å²) in [5.41, 5.74) is 6.32. The summed E-state index contributed by atoms with van der Waals surface area (Å²) >= 11 is 0. The minimum Gasteiger partial charge on any atom is -0.482 e. The van der Waals surface area contributed by atoms with Crippen LogP contribution in [0.25, 0.3) is 11.0 Å². The lowest BCUT2D eigenvalue weighted by atomic mass is 10.1. The Bertz CT molecular complexity index is 1420. The highest BCUT2D eigenvalue weighted by atomic mass is 16.5. The molecule has 0 unspecified atom stereocenters. The molecule has 0 fully saturated rings. The number of carbonyl (C=O) groups excluding carboxylic acids is 2. The van der Waals surface area contributed by atoms with Crippen LogP contribution >= 0.6 is 0 Å². The maximum Gasteiger partial charge on any atom is 0.272 e. The van der Waals surface area contributed by atoms with Crippen molar-refractivity contribution in [3.05, 3.63) is 70.7 Å². The van der Waals surface area contributed by atoms with Gasteiger partial charge in [0.05, 0.1) is 5.69 Å². The molecule has 1 aromatic carbocycles. The van der Waals surface area contributed by atoms with Crippen molar-refractivity contribution < 1.29 is 14.3 Å². The van der Waals surface area contributed by atoms with E-state index in [1.165, 1.54) is 23.0 Å². The SMILES string of the molecule is CC1=C(C)C=C(CNc2n[nH]c3c(C(=O)NCc4ccc5c(c4)NC(=O)CO5)ncnc23)CC=C1. The number of amides is 2. The Morgan fingerprint density at radius 3 is 2.94 bits per heavy atom. The number of anilines is 2. The predicted octanol–water partition coefficient (Wildman–Crippen LogP) is 3.25. The van der Waals surface area contributed by atoms with Crippen LogP contribution in [0.1, 0.15) is 36.3 Å². The molecule has 3 heterocycles. The van der Waals surface area contributed by atoms with Crippen LogP contribution < -0.4 is 20.7 Å². The molecule has 2 amide bonds. The summed E-state index contributed by atoms with van der Waals surface area (Å²) in [4.78, 5) is 32.9. The molecule has 10 heteroatoms. The van der Waals surface area contributed by atoms with Gasteiger partial charge in [0.25, 0.3) is 11.8 Å². The third-order valence-corrected chi connectivity index (χ3v) is 5.97. The average Bonchev–Trinajstić information content (AvgIpc) is 3.20. The summed E-state index contributed by atoms with van der Waals surface area (Å²) in [5.74, 6) is 0.596. The molecule has 3 aromatic rings. The molecule has 2 aliphatic rings. The summed E-state index contributed by atoms with van der Waals surface area (Å²) in [5, 5.41) is 16.2. The Hall–Kier alpha value is -4.47. The molecule has 178 valence electrons. The Balaban J connectivity index is 1.28. The molecule has 0 saturated carbocycles. The smallest absolute Gasteiger partial charge is 0.272 e. The van der Waals surface area contributed by atoms with Crippen LogP contribution in [0, 0.1) is 0 Å². The molecule has 5 rings (SSSR count). The van der Waals surface area contributed by atoms with Gasteiger partial charge in [-0.25, -0.2) is 9.97 Å². The second-order valence-electron chi connectivity index (χ2n) is 8.50. The number of benzene rings is 1. The molecule has 1 aliphatic carbocycles. The van der Waals surface area contributed by atoms with Crippen LogP contribution in [-0.2, 0) is 11.3 Å². The summed E-state index contributed by atoms with van der Waals surface area (Å²) < 4.78 is 5.37. The lowest BCUT2D eigenvalue weighted by Gasteiger charge is -2.18. The van der Waals surface area contributed by atoms with E-state index in [2.05, 4.69) is 68.2 Å². The average molecular weight is 472 g/mol. The first-order chi connectivity index (χ1) is 17.0. The van der Waals surface area contributed by atoms with Gasteiger partial charge in [-0.2, -0.15) is 5.10 Å². The number of ether oxygens (including phenoxy) is 1. The quantitative estimate of drug-likeness (QED) is 0.434. The largest absolute Gasteiger partial charge is 0.482 e. The minimum absolute atomic E-state index is 0.00116. The zero-order chi connectivity index (χ0) is 24.4. The van der Waals surface area contributed by atoms with Crippen molar-refractivity contribution in [3.8, 4) is 5.75 Å². The van der Waals surface area contributed by atoms with E-state index in [1.807, 2.05) is 6.07 Å².